The first-order valence-electron chi connectivity index (χ1n) is 5.76. The van der Waals surface area contributed by atoms with Crippen LogP contribution in [0.1, 0.15) is 0 Å². The van der Waals surface area contributed by atoms with Gasteiger partial charge in [0, 0.05) is 24.5 Å². The number of carbonyl (C=O) groups excluding carboxylic acids is 1. The number of urea groups is 1. The lowest BCUT2D eigenvalue weighted by Crippen LogP contribution is -2.31. The summed E-state index contributed by atoms with van der Waals surface area (Å²) in [6, 6.07) is 10.9. The number of carbonyl (C=O) groups is 1. The second-order valence-electron chi connectivity index (χ2n) is 4.14. The van der Waals surface area contributed by atoms with E-state index in [0.717, 1.165) is 0 Å². The first-order chi connectivity index (χ1) is 9.47. The van der Waals surface area contributed by atoms with Crippen molar-refractivity contribution in [2.24, 2.45) is 0 Å². The van der Waals surface area contributed by atoms with Crippen molar-refractivity contribution in [1.82, 2.24) is 0 Å². The predicted molar refractivity (Wildman–Crippen MR) is 82.0 cm³/mol. The molecule has 0 bridgehead atoms. The van der Waals surface area contributed by atoms with Gasteiger partial charge in [0.05, 0.1) is 10.0 Å². The average molecular weight is 311 g/mol. The zero-order valence-electron chi connectivity index (χ0n) is 10.6. The summed E-state index contributed by atoms with van der Waals surface area (Å²) in [6.45, 7) is 0. The third-order valence-corrected chi connectivity index (χ3v) is 3.43. The maximum atomic E-state index is 12.1. The molecule has 20 heavy (non-hydrogen) atoms. The summed E-state index contributed by atoms with van der Waals surface area (Å²) in [5, 5.41) is 12.9. The summed E-state index contributed by atoms with van der Waals surface area (Å²) in [4.78, 5) is 13.5. The van der Waals surface area contributed by atoms with E-state index in [4.69, 9.17) is 23.2 Å². The van der Waals surface area contributed by atoms with Gasteiger partial charge < -0.3 is 10.4 Å². The van der Waals surface area contributed by atoms with Crippen molar-refractivity contribution in [3.8, 4) is 5.75 Å². The monoisotopic (exact) mass is 310 g/mol. The number of halogens is 2. The number of phenolic OH excluding ortho intramolecular Hbond substituents is 1. The molecule has 0 fully saturated rings. The Kier molecular flexibility index (Phi) is 4.37. The molecule has 2 aromatic rings. The van der Waals surface area contributed by atoms with Crippen LogP contribution < -0.4 is 10.2 Å². The molecule has 0 aliphatic carbocycles. The van der Waals surface area contributed by atoms with Crippen molar-refractivity contribution >= 4 is 40.6 Å². The molecule has 0 heterocycles. The molecular weight excluding hydrogens is 299 g/mol. The molecule has 0 spiro atoms. The quantitative estimate of drug-likeness (QED) is 0.865. The van der Waals surface area contributed by atoms with Crippen molar-refractivity contribution < 1.29 is 9.90 Å². The minimum absolute atomic E-state index is 0.0942. The van der Waals surface area contributed by atoms with Crippen molar-refractivity contribution in [3.63, 3.8) is 0 Å². The van der Waals surface area contributed by atoms with Gasteiger partial charge in [-0.05, 0) is 30.3 Å². The van der Waals surface area contributed by atoms with Crippen molar-refractivity contribution in [2.75, 3.05) is 17.3 Å². The molecule has 0 saturated heterocycles. The zero-order valence-corrected chi connectivity index (χ0v) is 12.1. The molecule has 0 saturated carbocycles. The van der Waals surface area contributed by atoms with Crippen LogP contribution in [0.15, 0.2) is 42.5 Å². The van der Waals surface area contributed by atoms with Crippen LogP contribution >= 0.6 is 23.2 Å². The summed E-state index contributed by atoms with van der Waals surface area (Å²) in [5.74, 6) is 0.0942. The first kappa shape index (κ1) is 14.5. The van der Waals surface area contributed by atoms with Crippen molar-refractivity contribution in [2.45, 2.75) is 0 Å². The van der Waals surface area contributed by atoms with E-state index in [1.165, 1.54) is 17.0 Å². The lowest BCUT2D eigenvalue weighted by Gasteiger charge is -2.18. The minimum atomic E-state index is -0.353. The highest BCUT2D eigenvalue weighted by atomic mass is 35.5. The highest BCUT2D eigenvalue weighted by molar-refractivity contribution is 6.42. The standard InChI is InChI=1S/C14H12Cl2N2O2/c1-18(10-3-2-4-11(19)8-10)14(20)17-9-5-6-12(15)13(16)7-9/h2-8,19H,1H3,(H,17,20). The molecule has 0 aromatic heterocycles. The highest BCUT2D eigenvalue weighted by Crippen LogP contribution is 2.25. The Morgan fingerprint density at radius 3 is 2.55 bits per heavy atom. The number of anilines is 2. The molecule has 2 rings (SSSR count). The van der Waals surface area contributed by atoms with Gasteiger partial charge in [0.25, 0.3) is 0 Å². The van der Waals surface area contributed by atoms with E-state index in [-0.39, 0.29) is 11.8 Å². The number of benzene rings is 2. The van der Waals surface area contributed by atoms with Gasteiger partial charge in [-0.1, -0.05) is 29.3 Å². The predicted octanol–water partition coefficient (Wildman–Crippen LogP) is 4.37. The molecule has 0 unspecified atom stereocenters. The second kappa shape index (κ2) is 6.03. The normalized spacial score (nSPS) is 10.2. The number of nitrogens with zero attached hydrogens (tertiary/aromatic N) is 1. The largest absolute Gasteiger partial charge is 0.508 e. The van der Waals surface area contributed by atoms with Crippen molar-refractivity contribution in [1.29, 1.82) is 0 Å². The van der Waals surface area contributed by atoms with E-state index >= 15 is 0 Å². The molecule has 104 valence electrons. The zero-order chi connectivity index (χ0) is 14.7. The van der Waals surface area contributed by atoms with Gasteiger partial charge in [-0.15, -0.1) is 0 Å². The van der Waals surface area contributed by atoms with E-state index in [9.17, 15) is 9.90 Å². The number of phenols is 1. The topological polar surface area (TPSA) is 52.6 Å². The van der Waals surface area contributed by atoms with E-state index < -0.39 is 0 Å². The Morgan fingerprint density at radius 2 is 1.90 bits per heavy atom. The van der Waals surface area contributed by atoms with Crippen LogP contribution in [-0.2, 0) is 0 Å². The second-order valence-corrected chi connectivity index (χ2v) is 4.95. The Bertz CT molecular complexity index is 647. The Balaban J connectivity index is 2.13. The molecule has 0 aliphatic heterocycles. The molecule has 0 aliphatic rings. The summed E-state index contributed by atoms with van der Waals surface area (Å²) in [7, 11) is 1.60. The summed E-state index contributed by atoms with van der Waals surface area (Å²) >= 11 is 11.7. The maximum absolute atomic E-state index is 12.1. The smallest absolute Gasteiger partial charge is 0.326 e. The molecular formula is C14H12Cl2N2O2. The number of amides is 2. The Labute approximate surface area is 126 Å². The van der Waals surface area contributed by atoms with Gasteiger partial charge in [-0.3, -0.25) is 4.90 Å². The maximum Gasteiger partial charge on any atom is 0.326 e. The SMILES string of the molecule is CN(C(=O)Nc1ccc(Cl)c(Cl)c1)c1cccc(O)c1. The van der Waals surface area contributed by atoms with Crippen LogP contribution in [0.25, 0.3) is 0 Å². The van der Waals surface area contributed by atoms with Crippen LogP contribution in [0, 0.1) is 0 Å². The van der Waals surface area contributed by atoms with Gasteiger partial charge in [-0.25, -0.2) is 4.79 Å². The highest BCUT2D eigenvalue weighted by Gasteiger charge is 2.12. The Hall–Kier alpha value is -1.91. The van der Waals surface area contributed by atoms with Crippen LogP contribution in [0.3, 0.4) is 0 Å². The number of hydrogen-bond acceptors (Lipinski definition) is 2. The molecule has 0 radical (unpaired) electrons. The van der Waals surface area contributed by atoms with Gasteiger partial charge in [0.2, 0.25) is 0 Å². The molecule has 6 heteroatoms. The average Bonchev–Trinajstić information content (AvgIpc) is 2.42. The third kappa shape index (κ3) is 3.35. The lowest BCUT2D eigenvalue weighted by molar-refractivity contribution is 0.258. The van der Waals surface area contributed by atoms with Gasteiger partial charge in [0.15, 0.2) is 0 Å². The van der Waals surface area contributed by atoms with Crippen LogP contribution in [0.2, 0.25) is 10.0 Å². The number of aromatic hydroxyl groups is 1. The van der Waals surface area contributed by atoms with Gasteiger partial charge in [0.1, 0.15) is 5.75 Å². The fourth-order valence-corrected chi connectivity index (χ4v) is 1.90. The number of hydrogen-bond donors (Lipinski definition) is 2. The molecule has 2 N–H and O–H groups in total. The number of rotatable bonds is 2. The summed E-state index contributed by atoms with van der Waals surface area (Å²) in [5.41, 5.74) is 1.11. The molecule has 4 nitrogen and oxygen atoms in total. The Morgan fingerprint density at radius 1 is 1.15 bits per heavy atom. The summed E-state index contributed by atoms with van der Waals surface area (Å²) < 4.78 is 0. The van der Waals surface area contributed by atoms with Gasteiger partial charge in [-0.2, -0.15) is 0 Å². The van der Waals surface area contributed by atoms with Crippen LogP contribution in [-0.4, -0.2) is 18.2 Å². The molecule has 0 atom stereocenters. The third-order valence-electron chi connectivity index (χ3n) is 2.69. The van der Waals surface area contributed by atoms with Crippen LogP contribution in [0.5, 0.6) is 5.75 Å². The van der Waals surface area contributed by atoms with E-state index in [1.807, 2.05) is 0 Å². The molecule has 2 amide bonds. The fourth-order valence-electron chi connectivity index (χ4n) is 1.60. The van der Waals surface area contributed by atoms with Crippen molar-refractivity contribution in [3.05, 3.63) is 52.5 Å². The van der Waals surface area contributed by atoms with Gasteiger partial charge >= 0.3 is 6.03 Å². The minimum Gasteiger partial charge on any atom is -0.508 e. The lowest BCUT2D eigenvalue weighted by atomic mass is 10.3. The fraction of sp³-hybridized carbons (Fsp3) is 0.0714. The number of nitrogens with one attached hydrogen (secondary N) is 1. The van der Waals surface area contributed by atoms with E-state index in [0.29, 0.717) is 21.4 Å². The van der Waals surface area contributed by atoms with E-state index in [1.54, 1.807) is 37.4 Å². The first-order valence-corrected chi connectivity index (χ1v) is 6.52. The summed E-state index contributed by atoms with van der Waals surface area (Å²) in [6.07, 6.45) is 0. The van der Waals surface area contributed by atoms with E-state index in [2.05, 4.69) is 5.32 Å². The van der Waals surface area contributed by atoms with Crippen LogP contribution in [0.4, 0.5) is 16.2 Å². The molecule has 2 aromatic carbocycles.